The van der Waals surface area contributed by atoms with Gasteiger partial charge < -0.3 is 20.6 Å². The molecule has 1 aromatic carbocycles. The molecule has 5 nitrogen and oxygen atoms in total. The first-order valence-electron chi connectivity index (χ1n) is 10.4. The van der Waals surface area contributed by atoms with Gasteiger partial charge in [0.05, 0.1) is 18.3 Å². The Hall–Kier alpha value is -0.740. The van der Waals surface area contributed by atoms with Crippen molar-refractivity contribution in [3.63, 3.8) is 0 Å². The number of halogens is 2. The molecule has 8 heteroatoms. The van der Waals surface area contributed by atoms with Gasteiger partial charge in [0.1, 0.15) is 5.82 Å². The second-order valence-electron chi connectivity index (χ2n) is 7.95. The summed E-state index contributed by atoms with van der Waals surface area (Å²) in [4.78, 5) is 6.66. The fourth-order valence-electron chi connectivity index (χ4n) is 3.77. The predicted molar refractivity (Wildman–Crippen MR) is 132 cm³/mol. The van der Waals surface area contributed by atoms with Crippen molar-refractivity contribution >= 4 is 47.4 Å². The smallest absolute Gasteiger partial charge is 0.191 e. The SMILES string of the molecule is CCNC(=NCc1ccc(N2CCC(O)CC2)c(F)c1)NCC1(C)CCCS1.I. The predicted octanol–water partition coefficient (Wildman–Crippen LogP) is 3.75. The van der Waals surface area contributed by atoms with Crippen LogP contribution in [0.5, 0.6) is 0 Å². The quantitative estimate of drug-likeness (QED) is 0.294. The van der Waals surface area contributed by atoms with Crippen LogP contribution in [0.3, 0.4) is 0 Å². The van der Waals surface area contributed by atoms with Crippen LogP contribution in [-0.2, 0) is 6.54 Å². The maximum atomic E-state index is 14.6. The minimum absolute atomic E-state index is 0. The molecule has 0 amide bonds. The summed E-state index contributed by atoms with van der Waals surface area (Å²) in [5.41, 5.74) is 1.48. The molecule has 3 N–H and O–H groups in total. The summed E-state index contributed by atoms with van der Waals surface area (Å²) in [6, 6.07) is 5.38. The lowest BCUT2D eigenvalue weighted by atomic mass is 10.1. The maximum absolute atomic E-state index is 14.6. The average molecular weight is 536 g/mol. The molecule has 164 valence electrons. The van der Waals surface area contributed by atoms with E-state index in [2.05, 4.69) is 22.5 Å². The number of benzene rings is 1. The van der Waals surface area contributed by atoms with Gasteiger partial charge in [-0.1, -0.05) is 6.07 Å². The molecule has 2 aliphatic heterocycles. The molecule has 1 unspecified atom stereocenters. The molecule has 0 radical (unpaired) electrons. The standard InChI is InChI=1S/C21H33FN4OS.HI/c1-3-23-20(25-15-21(2)9-4-12-28-21)24-14-16-5-6-19(18(22)13-16)26-10-7-17(27)8-11-26;/h5-6,13,17,27H,3-4,7-12,14-15H2,1-2H3,(H2,23,24,25);1H. The summed E-state index contributed by atoms with van der Waals surface area (Å²) < 4.78 is 14.9. The van der Waals surface area contributed by atoms with Gasteiger partial charge in [-0.15, -0.1) is 24.0 Å². The zero-order valence-corrected chi connectivity index (χ0v) is 20.6. The third kappa shape index (κ3) is 7.17. The normalized spacial score (nSPS) is 23.0. The molecule has 2 saturated heterocycles. The second kappa shape index (κ2) is 11.6. The lowest BCUT2D eigenvalue weighted by molar-refractivity contribution is 0.145. The van der Waals surface area contributed by atoms with Crippen molar-refractivity contribution < 1.29 is 9.50 Å². The molecule has 3 rings (SSSR count). The summed E-state index contributed by atoms with van der Waals surface area (Å²) in [7, 11) is 0. The molecule has 29 heavy (non-hydrogen) atoms. The molecular formula is C21H34FIN4OS. The number of thioether (sulfide) groups is 1. The first-order valence-corrected chi connectivity index (χ1v) is 11.4. The second-order valence-corrected chi connectivity index (χ2v) is 9.64. The highest BCUT2D eigenvalue weighted by Crippen LogP contribution is 2.36. The van der Waals surface area contributed by atoms with Crippen molar-refractivity contribution in [3.8, 4) is 0 Å². The maximum Gasteiger partial charge on any atom is 0.191 e. The van der Waals surface area contributed by atoms with Gasteiger partial charge in [0.2, 0.25) is 0 Å². The molecule has 0 aliphatic carbocycles. The van der Waals surface area contributed by atoms with Crippen molar-refractivity contribution in [2.45, 2.75) is 56.9 Å². The van der Waals surface area contributed by atoms with Crippen molar-refractivity contribution in [1.29, 1.82) is 0 Å². The highest BCUT2D eigenvalue weighted by molar-refractivity contribution is 14.0. The number of aliphatic imine (C=N–C) groups is 1. The first kappa shape index (κ1) is 24.5. The fraction of sp³-hybridized carbons (Fsp3) is 0.667. The van der Waals surface area contributed by atoms with Crippen LogP contribution >= 0.6 is 35.7 Å². The van der Waals surface area contributed by atoms with Gasteiger partial charge in [-0.05, 0) is 63.0 Å². The molecule has 2 aliphatic rings. The number of aliphatic hydroxyl groups excluding tert-OH is 1. The lowest BCUT2D eigenvalue weighted by Gasteiger charge is -2.31. The van der Waals surface area contributed by atoms with E-state index in [0.717, 1.165) is 24.6 Å². The van der Waals surface area contributed by atoms with E-state index in [0.29, 0.717) is 38.2 Å². The van der Waals surface area contributed by atoms with Crippen LogP contribution in [0.15, 0.2) is 23.2 Å². The van der Waals surface area contributed by atoms with E-state index < -0.39 is 0 Å². The van der Waals surface area contributed by atoms with Crippen LogP contribution in [0, 0.1) is 5.82 Å². The van der Waals surface area contributed by atoms with Crippen molar-refractivity contribution in [2.24, 2.45) is 4.99 Å². The van der Waals surface area contributed by atoms with Crippen molar-refractivity contribution in [3.05, 3.63) is 29.6 Å². The van der Waals surface area contributed by atoms with Gasteiger partial charge in [0, 0.05) is 30.9 Å². The highest BCUT2D eigenvalue weighted by Gasteiger charge is 2.29. The largest absolute Gasteiger partial charge is 0.393 e. The number of nitrogens with zero attached hydrogens (tertiary/aromatic N) is 2. The van der Waals surface area contributed by atoms with Crippen LogP contribution in [0.1, 0.15) is 45.1 Å². The molecule has 0 aromatic heterocycles. The molecule has 0 bridgehead atoms. The number of hydrogen-bond donors (Lipinski definition) is 3. The Morgan fingerprint density at radius 2 is 2.10 bits per heavy atom. The number of piperidine rings is 1. The molecule has 1 aromatic rings. The molecule has 2 heterocycles. The Balaban J connectivity index is 0.00000300. The van der Waals surface area contributed by atoms with Crippen LogP contribution in [-0.4, -0.2) is 53.8 Å². The number of anilines is 1. The Labute approximate surface area is 195 Å². The molecule has 0 saturated carbocycles. The van der Waals surface area contributed by atoms with Crippen LogP contribution in [0.4, 0.5) is 10.1 Å². The average Bonchev–Trinajstić information content (AvgIpc) is 3.12. The molecule has 0 spiro atoms. The van der Waals surface area contributed by atoms with E-state index >= 15 is 0 Å². The van der Waals surface area contributed by atoms with Crippen LogP contribution in [0.2, 0.25) is 0 Å². The first-order chi connectivity index (χ1) is 13.5. The van der Waals surface area contributed by atoms with Crippen molar-refractivity contribution in [1.82, 2.24) is 10.6 Å². The van der Waals surface area contributed by atoms with E-state index in [4.69, 9.17) is 0 Å². The van der Waals surface area contributed by atoms with Gasteiger partial charge in [-0.2, -0.15) is 11.8 Å². The zero-order chi connectivity index (χ0) is 20.0. The van der Waals surface area contributed by atoms with E-state index in [-0.39, 0.29) is 40.6 Å². The number of hydrogen-bond acceptors (Lipinski definition) is 4. The summed E-state index contributed by atoms with van der Waals surface area (Å²) in [5, 5.41) is 16.4. The van der Waals surface area contributed by atoms with E-state index in [1.54, 1.807) is 6.07 Å². The molecular weight excluding hydrogens is 502 g/mol. The number of aliphatic hydroxyl groups is 1. The molecule has 1 atom stereocenters. The fourth-order valence-corrected chi connectivity index (χ4v) is 5.02. The van der Waals surface area contributed by atoms with Gasteiger partial charge in [-0.25, -0.2) is 9.38 Å². The van der Waals surface area contributed by atoms with E-state index in [9.17, 15) is 9.50 Å². The lowest BCUT2D eigenvalue weighted by Crippen LogP contribution is -2.43. The Bertz CT molecular complexity index is 677. The number of guanidine groups is 1. The van der Waals surface area contributed by atoms with Crippen molar-refractivity contribution in [2.75, 3.05) is 36.8 Å². The Morgan fingerprint density at radius 3 is 2.72 bits per heavy atom. The monoisotopic (exact) mass is 536 g/mol. The van der Waals surface area contributed by atoms with Gasteiger partial charge in [0.25, 0.3) is 0 Å². The van der Waals surface area contributed by atoms with Gasteiger partial charge in [0.15, 0.2) is 5.96 Å². The third-order valence-corrected chi connectivity index (χ3v) is 7.05. The topological polar surface area (TPSA) is 59.9 Å². The zero-order valence-electron chi connectivity index (χ0n) is 17.4. The summed E-state index contributed by atoms with van der Waals surface area (Å²) in [6.07, 6.45) is 3.64. The summed E-state index contributed by atoms with van der Waals surface area (Å²) >= 11 is 2.02. The minimum Gasteiger partial charge on any atom is -0.393 e. The minimum atomic E-state index is -0.255. The Morgan fingerprint density at radius 1 is 1.34 bits per heavy atom. The van der Waals surface area contributed by atoms with E-state index in [1.165, 1.54) is 18.6 Å². The van der Waals surface area contributed by atoms with E-state index in [1.807, 2.05) is 35.7 Å². The third-order valence-electron chi connectivity index (χ3n) is 5.51. The van der Waals surface area contributed by atoms with Gasteiger partial charge in [-0.3, -0.25) is 0 Å². The Kier molecular flexibility index (Phi) is 9.81. The summed E-state index contributed by atoms with van der Waals surface area (Å²) in [6.45, 7) is 7.86. The summed E-state index contributed by atoms with van der Waals surface area (Å²) in [5.74, 6) is 1.80. The van der Waals surface area contributed by atoms with Crippen LogP contribution in [0.25, 0.3) is 0 Å². The molecule has 2 fully saturated rings. The van der Waals surface area contributed by atoms with Crippen LogP contribution < -0.4 is 15.5 Å². The highest BCUT2D eigenvalue weighted by atomic mass is 127. The number of rotatable bonds is 6. The number of nitrogens with one attached hydrogen (secondary N) is 2. The van der Waals surface area contributed by atoms with Gasteiger partial charge >= 0.3 is 0 Å².